The summed E-state index contributed by atoms with van der Waals surface area (Å²) in [5, 5.41) is 7.29. The number of fused-ring (bicyclic) bond motifs is 1. The van der Waals surface area contributed by atoms with Crippen molar-refractivity contribution in [2.24, 2.45) is 0 Å². The van der Waals surface area contributed by atoms with Crippen LogP contribution in [0.15, 0.2) is 39.6 Å². The summed E-state index contributed by atoms with van der Waals surface area (Å²) in [5.74, 6) is 0.147. The monoisotopic (exact) mass is 325 g/mol. The Labute approximate surface area is 139 Å². The first kappa shape index (κ1) is 16.0. The van der Waals surface area contributed by atoms with Crippen LogP contribution in [0.3, 0.4) is 0 Å². The maximum Gasteiger partial charge on any atom is 0.246 e. The zero-order chi connectivity index (χ0) is 17.3. The number of anilines is 1. The van der Waals surface area contributed by atoms with Gasteiger partial charge in [0.05, 0.1) is 11.2 Å². The maximum atomic E-state index is 12.4. The second kappa shape index (κ2) is 6.31. The normalized spacial score (nSPS) is 11.0. The van der Waals surface area contributed by atoms with Crippen molar-refractivity contribution in [2.45, 2.75) is 33.7 Å². The molecule has 0 saturated heterocycles. The first-order valence-corrected chi connectivity index (χ1v) is 7.85. The number of hydrogen-bond acceptors (Lipinski definition) is 4. The Morgan fingerprint density at radius 2 is 2.04 bits per heavy atom. The van der Waals surface area contributed by atoms with Gasteiger partial charge in [-0.1, -0.05) is 24.2 Å². The van der Waals surface area contributed by atoms with Crippen LogP contribution in [0.2, 0.25) is 0 Å². The predicted octanol–water partition coefficient (Wildman–Crippen LogP) is 2.81. The van der Waals surface area contributed by atoms with Crippen molar-refractivity contribution in [3.63, 3.8) is 0 Å². The summed E-state index contributed by atoms with van der Waals surface area (Å²) in [4.78, 5) is 24.5. The molecule has 2 heterocycles. The van der Waals surface area contributed by atoms with Crippen molar-refractivity contribution >= 4 is 22.7 Å². The van der Waals surface area contributed by atoms with E-state index in [0.717, 1.165) is 28.9 Å². The minimum Gasteiger partial charge on any atom is -0.338 e. The number of aryl methyl sites for hydroxylation is 2. The topological polar surface area (TPSA) is 77.1 Å². The Morgan fingerprint density at radius 1 is 1.29 bits per heavy atom. The van der Waals surface area contributed by atoms with E-state index in [1.165, 1.54) is 0 Å². The van der Waals surface area contributed by atoms with Crippen LogP contribution < -0.4 is 10.7 Å². The molecule has 6 heteroatoms. The highest BCUT2D eigenvalue weighted by Gasteiger charge is 2.15. The highest BCUT2D eigenvalue weighted by atomic mass is 16.5. The summed E-state index contributed by atoms with van der Waals surface area (Å²) >= 11 is 0. The number of hydrogen-bond donors (Lipinski definition) is 1. The first-order chi connectivity index (χ1) is 11.5. The second-order valence-electron chi connectivity index (χ2n) is 5.74. The van der Waals surface area contributed by atoms with Crippen molar-refractivity contribution in [2.75, 3.05) is 5.32 Å². The zero-order valence-corrected chi connectivity index (χ0v) is 13.9. The molecule has 3 rings (SSSR count). The summed E-state index contributed by atoms with van der Waals surface area (Å²) in [5.41, 5.74) is 3.10. The Kier molecular flexibility index (Phi) is 4.20. The van der Waals surface area contributed by atoms with Crippen LogP contribution >= 0.6 is 0 Å². The van der Waals surface area contributed by atoms with E-state index in [9.17, 15) is 9.59 Å². The minimum atomic E-state index is -0.228. The van der Waals surface area contributed by atoms with Gasteiger partial charge < -0.3 is 9.09 Å². The molecule has 6 nitrogen and oxygen atoms in total. The van der Waals surface area contributed by atoms with Gasteiger partial charge in [0.1, 0.15) is 6.54 Å². The molecule has 24 heavy (non-hydrogen) atoms. The van der Waals surface area contributed by atoms with E-state index in [4.69, 9.17) is 4.52 Å². The summed E-state index contributed by atoms with van der Waals surface area (Å²) in [6.07, 6.45) is 0.745. The van der Waals surface area contributed by atoms with E-state index in [2.05, 4.69) is 10.5 Å². The molecule has 2 aromatic heterocycles. The Hall–Kier alpha value is -2.89. The fourth-order valence-electron chi connectivity index (χ4n) is 2.79. The SMILES string of the molecule is CCc1noc(NC(=O)Cn2c(C)cc(=O)c3ccccc32)c1C. The van der Waals surface area contributed by atoms with E-state index in [0.29, 0.717) is 11.3 Å². The lowest BCUT2D eigenvalue weighted by molar-refractivity contribution is -0.116. The van der Waals surface area contributed by atoms with Crippen molar-refractivity contribution in [1.82, 2.24) is 9.72 Å². The number of carbonyl (C=O) groups is 1. The van der Waals surface area contributed by atoms with Crippen molar-refractivity contribution in [1.29, 1.82) is 0 Å². The molecule has 1 amide bonds. The molecule has 3 aromatic rings. The minimum absolute atomic E-state index is 0.0431. The van der Waals surface area contributed by atoms with Crippen molar-refractivity contribution in [3.05, 3.63) is 57.5 Å². The van der Waals surface area contributed by atoms with Gasteiger partial charge >= 0.3 is 0 Å². The van der Waals surface area contributed by atoms with Crippen LogP contribution in [-0.2, 0) is 17.8 Å². The molecule has 1 N–H and O–H groups in total. The number of rotatable bonds is 4. The molecule has 0 saturated carbocycles. The Balaban J connectivity index is 1.91. The molecule has 0 fully saturated rings. The van der Waals surface area contributed by atoms with Gasteiger partial charge in [0.2, 0.25) is 11.8 Å². The number of carbonyl (C=O) groups excluding carboxylic acids is 1. The van der Waals surface area contributed by atoms with E-state index >= 15 is 0 Å². The van der Waals surface area contributed by atoms with Gasteiger partial charge in [0.15, 0.2) is 5.43 Å². The molecule has 0 bridgehead atoms. The summed E-state index contributed by atoms with van der Waals surface area (Å²) in [6, 6.07) is 8.81. The highest BCUT2D eigenvalue weighted by molar-refractivity contribution is 5.91. The number of pyridine rings is 1. The van der Waals surface area contributed by atoms with Crippen LogP contribution in [0.25, 0.3) is 10.9 Å². The lowest BCUT2D eigenvalue weighted by Crippen LogP contribution is -2.22. The fraction of sp³-hybridized carbons (Fsp3) is 0.278. The first-order valence-electron chi connectivity index (χ1n) is 7.85. The lowest BCUT2D eigenvalue weighted by Gasteiger charge is -2.14. The van der Waals surface area contributed by atoms with Gasteiger partial charge in [0.25, 0.3) is 0 Å². The number of benzene rings is 1. The van der Waals surface area contributed by atoms with Gasteiger partial charge in [-0.2, -0.15) is 0 Å². The van der Waals surface area contributed by atoms with Gasteiger partial charge in [-0.3, -0.25) is 14.9 Å². The zero-order valence-electron chi connectivity index (χ0n) is 13.9. The molecule has 124 valence electrons. The smallest absolute Gasteiger partial charge is 0.246 e. The number of aromatic nitrogens is 2. The lowest BCUT2D eigenvalue weighted by atomic mass is 10.2. The molecule has 1 aromatic carbocycles. The third kappa shape index (κ3) is 2.82. The predicted molar refractivity (Wildman–Crippen MR) is 92.2 cm³/mol. The fourth-order valence-corrected chi connectivity index (χ4v) is 2.79. The van der Waals surface area contributed by atoms with Crippen LogP contribution in [0.4, 0.5) is 5.88 Å². The molecular formula is C18H19N3O3. The van der Waals surface area contributed by atoms with E-state index in [1.54, 1.807) is 12.1 Å². The van der Waals surface area contributed by atoms with Gasteiger partial charge in [-0.05, 0) is 32.4 Å². The number of amides is 1. The average molecular weight is 325 g/mol. The number of nitrogens with zero attached hydrogens (tertiary/aromatic N) is 2. The number of nitrogens with one attached hydrogen (secondary N) is 1. The third-order valence-electron chi connectivity index (χ3n) is 4.14. The quantitative estimate of drug-likeness (QED) is 0.800. The molecule has 0 spiro atoms. The standard InChI is InChI=1S/C18H19N3O3/c1-4-14-12(3)18(24-20-14)19-17(23)10-21-11(2)9-16(22)13-7-5-6-8-15(13)21/h5-9H,4,10H2,1-3H3,(H,19,23). The van der Waals surface area contributed by atoms with Gasteiger partial charge in [-0.25, -0.2) is 0 Å². The summed E-state index contributed by atoms with van der Waals surface area (Å²) < 4.78 is 7.01. The summed E-state index contributed by atoms with van der Waals surface area (Å²) in [6.45, 7) is 5.75. The second-order valence-corrected chi connectivity index (χ2v) is 5.74. The molecular weight excluding hydrogens is 306 g/mol. The molecule has 0 aliphatic heterocycles. The molecule has 0 unspecified atom stereocenters. The third-order valence-corrected chi connectivity index (χ3v) is 4.14. The van der Waals surface area contributed by atoms with Gasteiger partial charge in [0, 0.05) is 22.7 Å². The Morgan fingerprint density at radius 3 is 2.75 bits per heavy atom. The van der Waals surface area contributed by atoms with Gasteiger partial charge in [-0.15, -0.1) is 0 Å². The molecule has 0 atom stereocenters. The van der Waals surface area contributed by atoms with Crippen LogP contribution in [0, 0.1) is 13.8 Å². The molecule has 0 aliphatic rings. The highest BCUT2D eigenvalue weighted by Crippen LogP contribution is 2.19. The van der Waals surface area contributed by atoms with Crippen LogP contribution in [0.1, 0.15) is 23.9 Å². The van der Waals surface area contributed by atoms with Crippen LogP contribution in [-0.4, -0.2) is 15.6 Å². The molecule has 0 radical (unpaired) electrons. The molecule has 0 aliphatic carbocycles. The van der Waals surface area contributed by atoms with E-state index in [1.807, 2.05) is 43.5 Å². The van der Waals surface area contributed by atoms with E-state index in [-0.39, 0.29) is 17.9 Å². The largest absolute Gasteiger partial charge is 0.338 e. The summed E-state index contributed by atoms with van der Waals surface area (Å²) in [7, 11) is 0. The van der Waals surface area contributed by atoms with Crippen LogP contribution in [0.5, 0.6) is 0 Å². The van der Waals surface area contributed by atoms with E-state index < -0.39 is 0 Å². The maximum absolute atomic E-state index is 12.4. The average Bonchev–Trinajstić information content (AvgIpc) is 2.91. The Bertz CT molecular complexity index is 969. The van der Waals surface area contributed by atoms with Crippen molar-refractivity contribution in [3.8, 4) is 0 Å². The number of para-hydroxylation sites is 1. The van der Waals surface area contributed by atoms with Crippen molar-refractivity contribution < 1.29 is 9.32 Å².